The van der Waals surface area contributed by atoms with E-state index in [1.54, 1.807) is 0 Å². The summed E-state index contributed by atoms with van der Waals surface area (Å²) in [6.07, 6.45) is 6.54. The Morgan fingerprint density at radius 3 is 2.79 bits per heavy atom. The standard InChI is InChI=1S/C20H31N5O3/c1-20(2,3)25(11-14-5-4-6-14)19(27)28-13-15-7-8-17-22-16(9-18(26)23-21)12-24(17)10-15/h7-8,10,12,14,18,23,26H,4-6,9,11,13,21H2,1-3H3. The molecule has 1 saturated carbocycles. The molecule has 8 heteroatoms. The van der Waals surface area contributed by atoms with Crippen molar-refractivity contribution >= 4 is 11.7 Å². The van der Waals surface area contributed by atoms with Crippen LogP contribution in [0, 0.1) is 5.92 Å². The van der Waals surface area contributed by atoms with Crippen LogP contribution in [0.5, 0.6) is 0 Å². The number of hydrogen-bond acceptors (Lipinski definition) is 6. The normalized spacial score (nSPS) is 16.0. The minimum atomic E-state index is -0.843. The molecule has 2 aromatic rings. The number of aliphatic hydroxyl groups excluding tert-OH is 1. The van der Waals surface area contributed by atoms with E-state index in [4.69, 9.17) is 10.6 Å². The molecule has 1 unspecified atom stereocenters. The maximum atomic E-state index is 12.7. The summed E-state index contributed by atoms with van der Waals surface area (Å²) in [5, 5.41) is 9.59. The average Bonchev–Trinajstić information content (AvgIpc) is 2.98. The van der Waals surface area contributed by atoms with Gasteiger partial charge in [-0.3, -0.25) is 5.84 Å². The quantitative estimate of drug-likeness (QED) is 0.381. The molecule has 0 bridgehead atoms. The first-order chi connectivity index (χ1) is 13.3. The Morgan fingerprint density at radius 2 is 2.18 bits per heavy atom. The van der Waals surface area contributed by atoms with E-state index in [1.165, 1.54) is 19.3 Å². The molecule has 1 atom stereocenters. The minimum absolute atomic E-state index is 0.201. The summed E-state index contributed by atoms with van der Waals surface area (Å²) in [5.41, 5.74) is 4.38. The van der Waals surface area contributed by atoms with Crippen LogP contribution in [0.3, 0.4) is 0 Å². The van der Waals surface area contributed by atoms with Gasteiger partial charge in [-0.2, -0.15) is 0 Å². The third-order valence-corrected chi connectivity index (χ3v) is 5.22. The summed E-state index contributed by atoms with van der Waals surface area (Å²) in [6.45, 7) is 7.07. The van der Waals surface area contributed by atoms with Gasteiger partial charge >= 0.3 is 6.09 Å². The first kappa shape index (κ1) is 20.6. The lowest BCUT2D eigenvalue weighted by molar-refractivity contribution is 0.0463. The van der Waals surface area contributed by atoms with E-state index in [0.29, 0.717) is 12.3 Å². The van der Waals surface area contributed by atoms with Crippen molar-refractivity contribution in [1.29, 1.82) is 0 Å². The van der Waals surface area contributed by atoms with Crippen LogP contribution in [-0.2, 0) is 17.8 Å². The number of nitrogens with one attached hydrogen (secondary N) is 1. The highest BCUT2D eigenvalue weighted by Crippen LogP contribution is 2.30. The number of rotatable bonds is 7. The number of imidazole rings is 1. The van der Waals surface area contributed by atoms with Gasteiger partial charge in [-0.25, -0.2) is 15.2 Å². The first-order valence-electron chi connectivity index (χ1n) is 9.81. The number of carbonyl (C=O) groups is 1. The van der Waals surface area contributed by atoms with Crippen molar-refractivity contribution < 1.29 is 14.6 Å². The molecule has 0 aliphatic heterocycles. The second-order valence-electron chi connectivity index (χ2n) is 8.55. The van der Waals surface area contributed by atoms with Crippen molar-refractivity contribution in [3.05, 3.63) is 35.8 Å². The third kappa shape index (κ3) is 5.01. The number of aliphatic hydroxyl groups is 1. The van der Waals surface area contributed by atoms with Gasteiger partial charge in [0.05, 0.1) is 5.69 Å². The van der Waals surface area contributed by atoms with E-state index in [9.17, 15) is 9.90 Å². The minimum Gasteiger partial charge on any atom is -0.444 e. The van der Waals surface area contributed by atoms with E-state index in [1.807, 2.05) is 54.6 Å². The maximum Gasteiger partial charge on any atom is 0.410 e. The van der Waals surface area contributed by atoms with Crippen molar-refractivity contribution in [1.82, 2.24) is 19.7 Å². The third-order valence-electron chi connectivity index (χ3n) is 5.22. The van der Waals surface area contributed by atoms with Crippen molar-refractivity contribution in [2.45, 2.75) is 64.8 Å². The molecule has 0 aromatic carbocycles. The van der Waals surface area contributed by atoms with E-state index < -0.39 is 6.23 Å². The van der Waals surface area contributed by atoms with E-state index in [2.05, 4.69) is 10.4 Å². The average molecular weight is 390 g/mol. The highest BCUT2D eigenvalue weighted by Gasteiger charge is 2.32. The highest BCUT2D eigenvalue weighted by atomic mass is 16.6. The lowest BCUT2D eigenvalue weighted by atomic mass is 9.84. The van der Waals surface area contributed by atoms with Crippen LogP contribution in [0.1, 0.15) is 51.3 Å². The molecule has 1 aliphatic carbocycles. The number of hydrazine groups is 1. The molecule has 0 radical (unpaired) electrons. The fourth-order valence-corrected chi connectivity index (χ4v) is 3.31. The van der Waals surface area contributed by atoms with E-state index in [-0.39, 0.29) is 18.2 Å². The zero-order chi connectivity index (χ0) is 20.3. The number of nitrogens with two attached hydrogens (primary N) is 1. The van der Waals surface area contributed by atoms with Crippen LogP contribution in [0.2, 0.25) is 0 Å². The van der Waals surface area contributed by atoms with Crippen LogP contribution in [0.15, 0.2) is 24.5 Å². The van der Waals surface area contributed by atoms with Crippen molar-refractivity contribution in [2.75, 3.05) is 6.54 Å². The number of aromatic nitrogens is 2. The van der Waals surface area contributed by atoms with Gasteiger partial charge in [0.15, 0.2) is 0 Å². The monoisotopic (exact) mass is 389 g/mol. The van der Waals surface area contributed by atoms with Crippen LogP contribution < -0.4 is 11.3 Å². The van der Waals surface area contributed by atoms with Crippen LogP contribution in [-0.4, -0.2) is 43.8 Å². The van der Waals surface area contributed by atoms with Crippen molar-refractivity contribution in [3.63, 3.8) is 0 Å². The second kappa shape index (κ2) is 8.46. The van der Waals surface area contributed by atoms with Crippen molar-refractivity contribution in [2.24, 2.45) is 11.8 Å². The van der Waals surface area contributed by atoms with Crippen LogP contribution in [0.4, 0.5) is 4.79 Å². The Morgan fingerprint density at radius 1 is 1.43 bits per heavy atom. The van der Waals surface area contributed by atoms with Crippen LogP contribution in [0.25, 0.3) is 5.65 Å². The molecular formula is C20H31N5O3. The van der Waals surface area contributed by atoms with Gasteiger partial charge in [-0.05, 0) is 45.6 Å². The summed E-state index contributed by atoms with van der Waals surface area (Å²) in [7, 11) is 0. The van der Waals surface area contributed by atoms with Crippen LogP contribution >= 0.6 is 0 Å². The Hall–Kier alpha value is -2.16. The molecule has 8 nitrogen and oxygen atoms in total. The second-order valence-corrected chi connectivity index (χ2v) is 8.55. The molecule has 154 valence electrons. The topological polar surface area (TPSA) is 105 Å². The van der Waals surface area contributed by atoms with Gasteiger partial charge in [0.2, 0.25) is 0 Å². The molecular weight excluding hydrogens is 358 g/mol. The SMILES string of the molecule is CC(C)(C)N(CC1CCC1)C(=O)OCc1ccc2nc(CC(O)NN)cn2c1. The largest absolute Gasteiger partial charge is 0.444 e. The molecule has 1 fully saturated rings. The summed E-state index contributed by atoms with van der Waals surface area (Å²) in [4.78, 5) is 19.0. The number of hydrogen-bond donors (Lipinski definition) is 3. The van der Waals surface area contributed by atoms with Gasteiger partial charge in [0.25, 0.3) is 0 Å². The zero-order valence-electron chi connectivity index (χ0n) is 16.9. The molecule has 2 heterocycles. The van der Waals surface area contributed by atoms with Gasteiger partial charge < -0.3 is 19.1 Å². The van der Waals surface area contributed by atoms with Gasteiger partial charge in [-0.1, -0.05) is 12.5 Å². The maximum absolute atomic E-state index is 12.7. The number of fused-ring (bicyclic) bond motifs is 1. The molecule has 3 rings (SSSR count). The summed E-state index contributed by atoms with van der Waals surface area (Å²) >= 11 is 0. The van der Waals surface area contributed by atoms with Gasteiger partial charge in [-0.15, -0.1) is 0 Å². The summed E-state index contributed by atoms with van der Waals surface area (Å²) in [6, 6.07) is 3.76. The molecule has 0 saturated heterocycles. The predicted octanol–water partition coefficient (Wildman–Crippen LogP) is 2.20. The summed E-state index contributed by atoms with van der Waals surface area (Å²) < 4.78 is 7.47. The highest BCUT2D eigenvalue weighted by molar-refractivity contribution is 5.68. The number of nitrogens with zero attached hydrogens (tertiary/aromatic N) is 3. The van der Waals surface area contributed by atoms with E-state index in [0.717, 1.165) is 23.4 Å². The Bertz CT molecular complexity index is 810. The molecule has 1 aliphatic rings. The van der Waals surface area contributed by atoms with Gasteiger partial charge in [0, 0.05) is 36.5 Å². The molecule has 0 spiro atoms. The number of carbonyl (C=O) groups excluding carboxylic acids is 1. The lowest BCUT2D eigenvalue weighted by Gasteiger charge is -2.39. The molecule has 28 heavy (non-hydrogen) atoms. The zero-order valence-corrected chi connectivity index (χ0v) is 16.9. The fraction of sp³-hybridized carbons (Fsp3) is 0.600. The smallest absolute Gasteiger partial charge is 0.410 e. The summed E-state index contributed by atoms with van der Waals surface area (Å²) in [5.74, 6) is 5.81. The number of amides is 1. The number of pyridine rings is 1. The fourth-order valence-electron chi connectivity index (χ4n) is 3.31. The van der Waals surface area contributed by atoms with Crippen molar-refractivity contribution in [3.8, 4) is 0 Å². The first-order valence-corrected chi connectivity index (χ1v) is 9.81. The Balaban J connectivity index is 1.63. The van der Waals surface area contributed by atoms with E-state index >= 15 is 0 Å². The Kier molecular flexibility index (Phi) is 6.22. The molecule has 1 amide bonds. The molecule has 2 aromatic heterocycles. The number of ether oxygens (including phenoxy) is 1. The predicted molar refractivity (Wildman–Crippen MR) is 106 cm³/mol. The molecule has 4 N–H and O–H groups in total. The Labute approximate surface area is 165 Å². The lowest BCUT2D eigenvalue weighted by Crippen LogP contribution is -2.49. The van der Waals surface area contributed by atoms with Gasteiger partial charge in [0.1, 0.15) is 18.5 Å².